The molecule has 4 N–H and O–H groups in total. The Morgan fingerprint density at radius 2 is 2.05 bits per heavy atom. The molecule has 0 bridgehead atoms. The molecule has 0 aromatic rings. The lowest BCUT2D eigenvalue weighted by atomic mass is 9.84. The molecule has 2 aliphatic rings. The molecule has 1 saturated carbocycles. The first-order chi connectivity index (χ1) is 9.56. The largest absolute Gasteiger partial charge is 0.384 e. The molecular formula is C15H29N3O2. The van der Waals surface area contributed by atoms with Gasteiger partial charge in [0.15, 0.2) is 0 Å². The predicted octanol–water partition coefficient (Wildman–Crippen LogP) is 0.718. The van der Waals surface area contributed by atoms with Crippen molar-refractivity contribution in [2.75, 3.05) is 33.4 Å². The Hall–Kier alpha value is -0.650. The van der Waals surface area contributed by atoms with Gasteiger partial charge in [0.25, 0.3) is 0 Å². The molecule has 0 spiro atoms. The van der Waals surface area contributed by atoms with Crippen molar-refractivity contribution in [3.8, 4) is 0 Å². The van der Waals surface area contributed by atoms with Gasteiger partial charge < -0.3 is 21.1 Å². The average Bonchev–Trinajstić information content (AvgIpc) is 2.81. The van der Waals surface area contributed by atoms with Crippen LogP contribution in [0.1, 0.15) is 38.5 Å². The maximum atomic E-state index is 11.6. The minimum absolute atomic E-state index is 0.261. The third-order valence-corrected chi connectivity index (χ3v) is 5.23. The zero-order chi connectivity index (χ0) is 14.6. The lowest BCUT2D eigenvalue weighted by molar-refractivity contribution is -0.124. The number of piperidine rings is 1. The number of hydrogen-bond acceptors (Lipinski definition) is 4. The number of primary amides is 1. The number of nitrogens with two attached hydrogens (primary N) is 2. The molecule has 1 saturated heterocycles. The molecule has 1 heterocycles. The lowest BCUT2D eigenvalue weighted by Gasteiger charge is -2.34. The minimum Gasteiger partial charge on any atom is -0.384 e. The van der Waals surface area contributed by atoms with Crippen LogP contribution < -0.4 is 11.5 Å². The normalized spacial score (nSPS) is 32.6. The summed E-state index contributed by atoms with van der Waals surface area (Å²) in [4.78, 5) is 14.1. The first-order valence-corrected chi connectivity index (χ1v) is 7.86. The van der Waals surface area contributed by atoms with Gasteiger partial charge in [0.1, 0.15) is 0 Å². The van der Waals surface area contributed by atoms with Gasteiger partial charge in [0.05, 0.1) is 5.54 Å². The highest BCUT2D eigenvalue weighted by Gasteiger charge is 2.44. The van der Waals surface area contributed by atoms with Crippen LogP contribution in [0.3, 0.4) is 0 Å². The van der Waals surface area contributed by atoms with E-state index in [1.807, 2.05) is 0 Å². The number of nitrogens with zero attached hydrogens (tertiary/aromatic N) is 1. The van der Waals surface area contributed by atoms with E-state index < -0.39 is 5.54 Å². The summed E-state index contributed by atoms with van der Waals surface area (Å²) >= 11 is 0. The van der Waals surface area contributed by atoms with Crippen LogP contribution >= 0.6 is 0 Å². The number of rotatable bonds is 6. The van der Waals surface area contributed by atoms with Gasteiger partial charge >= 0.3 is 0 Å². The summed E-state index contributed by atoms with van der Waals surface area (Å²) in [6.45, 7) is 4.18. The van der Waals surface area contributed by atoms with E-state index in [1.54, 1.807) is 7.11 Å². The second-order valence-corrected chi connectivity index (χ2v) is 6.52. The smallest absolute Gasteiger partial charge is 0.237 e. The molecule has 116 valence electrons. The van der Waals surface area contributed by atoms with Gasteiger partial charge in [-0.05, 0) is 63.6 Å². The molecule has 0 aromatic carbocycles. The standard InChI is InChI=1S/C15H29N3O2/c1-20-11-12-4-8-18(9-5-12)10-6-13-3-2-7-15(13,17)14(16)19/h12-13H,2-11,17H2,1H3,(H2,16,19). The summed E-state index contributed by atoms with van der Waals surface area (Å²) in [7, 11) is 1.77. The molecule has 0 aromatic heterocycles. The number of methoxy groups -OCH3 is 1. The summed E-state index contributed by atoms with van der Waals surface area (Å²) < 4.78 is 5.23. The topological polar surface area (TPSA) is 81.6 Å². The summed E-state index contributed by atoms with van der Waals surface area (Å²) in [6.07, 6.45) is 6.24. The molecule has 2 unspecified atom stereocenters. The van der Waals surface area contributed by atoms with Crippen molar-refractivity contribution < 1.29 is 9.53 Å². The van der Waals surface area contributed by atoms with Gasteiger partial charge in [-0.15, -0.1) is 0 Å². The van der Waals surface area contributed by atoms with Crippen LogP contribution in [0.25, 0.3) is 0 Å². The quantitative estimate of drug-likeness (QED) is 0.752. The van der Waals surface area contributed by atoms with Crippen molar-refractivity contribution in [3.05, 3.63) is 0 Å². The number of likely N-dealkylation sites (tertiary alicyclic amines) is 1. The van der Waals surface area contributed by atoms with Gasteiger partial charge in [-0.1, -0.05) is 6.42 Å². The third kappa shape index (κ3) is 3.51. The van der Waals surface area contributed by atoms with Gasteiger partial charge in [0, 0.05) is 13.7 Å². The first kappa shape index (κ1) is 15.7. The zero-order valence-electron chi connectivity index (χ0n) is 12.6. The van der Waals surface area contributed by atoms with Crippen molar-refractivity contribution in [1.82, 2.24) is 4.90 Å². The van der Waals surface area contributed by atoms with Crippen molar-refractivity contribution in [2.45, 2.75) is 44.1 Å². The number of carbonyl (C=O) groups is 1. The van der Waals surface area contributed by atoms with Crippen LogP contribution in [-0.4, -0.2) is 49.7 Å². The zero-order valence-corrected chi connectivity index (χ0v) is 12.6. The molecule has 20 heavy (non-hydrogen) atoms. The van der Waals surface area contributed by atoms with Gasteiger partial charge in [-0.2, -0.15) is 0 Å². The first-order valence-electron chi connectivity index (χ1n) is 7.86. The van der Waals surface area contributed by atoms with E-state index in [4.69, 9.17) is 16.2 Å². The van der Waals surface area contributed by atoms with Crippen molar-refractivity contribution >= 4 is 5.91 Å². The molecule has 0 radical (unpaired) electrons. The highest BCUT2D eigenvalue weighted by molar-refractivity contribution is 5.85. The summed E-state index contributed by atoms with van der Waals surface area (Å²) in [5, 5.41) is 0. The highest BCUT2D eigenvalue weighted by Crippen LogP contribution is 2.36. The van der Waals surface area contributed by atoms with Gasteiger partial charge in [0.2, 0.25) is 5.91 Å². The van der Waals surface area contributed by atoms with Crippen LogP contribution in [0.15, 0.2) is 0 Å². The minimum atomic E-state index is -0.756. The predicted molar refractivity (Wildman–Crippen MR) is 79.1 cm³/mol. The van der Waals surface area contributed by atoms with E-state index in [1.165, 1.54) is 12.8 Å². The number of amides is 1. The summed E-state index contributed by atoms with van der Waals surface area (Å²) in [6, 6.07) is 0. The summed E-state index contributed by atoms with van der Waals surface area (Å²) in [5.74, 6) is 0.650. The third-order valence-electron chi connectivity index (χ3n) is 5.23. The number of hydrogen-bond donors (Lipinski definition) is 2. The van der Waals surface area contributed by atoms with E-state index >= 15 is 0 Å². The molecule has 5 heteroatoms. The monoisotopic (exact) mass is 283 g/mol. The fourth-order valence-electron chi connectivity index (χ4n) is 3.78. The highest BCUT2D eigenvalue weighted by atomic mass is 16.5. The maximum Gasteiger partial charge on any atom is 0.237 e. The Morgan fingerprint density at radius 3 is 2.65 bits per heavy atom. The van der Waals surface area contributed by atoms with Crippen molar-refractivity contribution in [1.29, 1.82) is 0 Å². The van der Waals surface area contributed by atoms with E-state index in [2.05, 4.69) is 4.90 Å². The van der Waals surface area contributed by atoms with Crippen molar-refractivity contribution in [2.24, 2.45) is 23.3 Å². The maximum absolute atomic E-state index is 11.6. The van der Waals surface area contributed by atoms with Gasteiger partial charge in [-0.25, -0.2) is 0 Å². The fraction of sp³-hybridized carbons (Fsp3) is 0.933. The molecule has 1 aliphatic carbocycles. The Bertz CT molecular complexity index is 329. The average molecular weight is 283 g/mol. The molecule has 1 amide bonds. The Kier molecular flexibility index (Phi) is 5.41. The van der Waals surface area contributed by atoms with Crippen LogP contribution in [-0.2, 0) is 9.53 Å². The van der Waals surface area contributed by atoms with Crippen LogP contribution in [0.2, 0.25) is 0 Å². The van der Waals surface area contributed by atoms with Crippen LogP contribution in [0.4, 0.5) is 0 Å². The lowest BCUT2D eigenvalue weighted by Crippen LogP contribution is -2.55. The van der Waals surface area contributed by atoms with Gasteiger partial charge in [-0.3, -0.25) is 4.79 Å². The van der Waals surface area contributed by atoms with E-state index in [0.29, 0.717) is 5.92 Å². The number of ether oxygens (including phenoxy) is 1. The van der Waals surface area contributed by atoms with E-state index in [9.17, 15) is 4.79 Å². The Morgan fingerprint density at radius 1 is 1.35 bits per heavy atom. The second-order valence-electron chi connectivity index (χ2n) is 6.52. The number of carbonyl (C=O) groups excluding carboxylic acids is 1. The summed E-state index contributed by atoms with van der Waals surface area (Å²) in [5.41, 5.74) is 10.9. The van der Waals surface area contributed by atoms with Crippen LogP contribution in [0.5, 0.6) is 0 Å². The molecule has 1 aliphatic heterocycles. The van der Waals surface area contributed by atoms with Crippen LogP contribution in [0, 0.1) is 11.8 Å². The molecular weight excluding hydrogens is 254 g/mol. The SMILES string of the molecule is COCC1CCN(CCC2CCCC2(N)C(N)=O)CC1. The second kappa shape index (κ2) is 6.87. The molecule has 2 rings (SSSR count). The molecule has 2 atom stereocenters. The molecule has 2 fully saturated rings. The van der Waals surface area contributed by atoms with Crippen molar-refractivity contribution in [3.63, 3.8) is 0 Å². The Balaban J connectivity index is 1.75. The molecule has 5 nitrogen and oxygen atoms in total. The van der Waals surface area contributed by atoms with E-state index in [-0.39, 0.29) is 11.8 Å². The Labute approximate surface area is 122 Å². The van der Waals surface area contributed by atoms with E-state index in [0.717, 1.165) is 51.9 Å². The fourth-order valence-corrected chi connectivity index (χ4v) is 3.78.